The lowest BCUT2D eigenvalue weighted by Gasteiger charge is -2.18. The van der Waals surface area contributed by atoms with Gasteiger partial charge in [0, 0.05) is 6.54 Å². The monoisotopic (exact) mass is 152 g/mol. The number of tetrazole rings is 1. The van der Waals surface area contributed by atoms with Gasteiger partial charge in [-0.2, -0.15) is 0 Å². The average Bonchev–Trinajstić information content (AvgIpc) is 2.58. The minimum atomic E-state index is 0.221. The third-order valence-corrected chi connectivity index (χ3v) is 1.91. The number of H-pyrrole nitrogens is 1. The van der Waals surface area contributed by atoms with Gasteiger partial charge in [-0.3, -0.25) is 0 Å². The fraction of sp³-hybridized carbons (Fsp3) is 0.833. The molecule has 1 atom stereocenters. The quantitative estimate of drug-likeness (QED) is 0.617. The van der Waals surface area contributed by atoms with Crippen LogP contribution >= 0.6 is 0 Å². The number of rotatable bonds is 1. The van der Waals surface area contributed by atoms with Gasteiger partial charge < -0.3 is 0 Å². The maximum atomic E-state index is 4.40. The zero-order chi connectivity index (χ0) is 7.52. The van der Waals surface area contributed by atoms with Crippen LogP contribution in [0.5, 0.6) is 0 Å². The molecule has 1 aliphatic heterocycles. The van der Waals surface area contributed by atoms with Crippen molar-refractivity contribution in [2.24, 2.45) is 0 Å². The Bertz CT molecular complexity index is 201. The van der Waals surface area contributed by atoms with E-state index in [-0.39, 0.29) is 6.04 Å². The Hall–Kier alpha value is -0.970. The van der Waals surface area contributed by atoms with Crippen molar-refractivity contribution in [3.05, 3.63) is 5.82 Å². The lowest BCUT2D eigenvalue weighted by atomic mass is 10.1. The van der Waals surface area contributed by atoms with Crippen LogP contribution in [0.3, 0.4) is 0 Å². The summed E-state index contributed by atoms with van der Waals surface area (Å²) in [6.07, 6.45) is 3.52. The van der Waals surface area contributed by atoms with E-state index in [4.69, 9.17) is 0 Å². The van der Waals surface area contributed by atoms with E-state index in [2.05, 4.69) is 25.9 Å². The molecule has 0 spiro atoms. The number of aromatic amines is 1. The van der Waals surface area contributed by atoms with E-state index in [1.165, 1.54) is 12.8 Å². The van der Waals surface area contributed by atoms with Crippen molar-refractivity contribution < 1.29 is 0 Å². The van der Waals surface area contributed by atoms with E-state index in [0.717, 1.165) is 18.8 Å². The van der Waals surface area contributed by atoms with E-state index < -0.39 is 0 Å². The SMILES string of the molecule is C1CCC(c2nnn[nH]2)[N]C1. The van der Waals surface area contributed by atoms with Crippen LogP contribution in [0.2, 0.25) is 0 Å². The van der Waals surface area contributed by atoms with Crippen LogP contribution in [0, 0.1) is 0 Å². The van der Waals surface area contributed by atoms with Gasteiger partial charge in [0.2, 0.25) is 0 Å². The first-order valence-corrected chi connectivity index (χ1v) is 3.87. The molecule has 0 aliphatic carbocycles. The normalized spacial score (nSPS) is 25.3. The van der Waals surface area contributed by atoms with E-state index >= 15 is 0 Å². The fourth-order valence-electron chi connectivity index (χ4n) is 1.32. The topological polar surface area (TPSA) is 68.6 Å². The molecule has 1 fully saturated rings. The lowest BCUT2D eigenvalue weighted by Crippen LogP contribution is -2.21. The maximum absolute atomic E-state index is 4.40. The maximum Gasteiger partial charge on any atom is 0.167 e. The summed E-state index contributed by atoms with van der Waals surface area (Å²) < 4.78 is 0. The molecule has 0 bridgehead atoms. The standard InChI is InChI=1S/C6H10N5/c1-2-4-7-5(3-1)6-8-10-11-9-6/h5H,1-4H2,(H,8,9,10,11). The molecule has 1 saturated heterocycles. The van der Waals surface area contributed by atoms with Crippen molar-refractivity contribution in [3.63, 3.8) is 0 Å². The van der Waals surface area contributed by atoms with E-state index in [0.29, 0.717) is 0 Å². The first kappa shape index (κ1) is 6.72. The molecule has 1 aromatic heterocycles. The lowest BCUT2D eigenvalue weighted by molar-refractivity contribution is 0.389. The van der Waals surface area contributed by atoms with Gasteiger partial charge in [-0.05, 0) is 23.3 Å². The first-order valence-electron chi connectivity index (χ1n) is 3.87. The van der Waals surface area contributed by atoms with Crippen LogP contribution in [0.1, 0.15) is 31.1 Å². The first-order chi connectivity index (χ1) is 5.47. The van der Waals surface area contributed by atoms with Crippen molar-refractivity contribution in [2.75, 3.05) is 6.54 Å². The largest absolute Gasteiger partial charge is 0.241 e. The predicted octanol–water partition coefficient (Wildman–Crippen LogP) is 0.0291. The third-order valence-electron chi connectivity index (χ3n) is 1.91. The van der Waals surface area contributed by atoms with Gasteiger partial charge in [0.05, 0.1) is 6.04 Å². The van der Waals surface area contributed by atoms with Gasteiger partial charge in [-0.25, -0.2) is 10.4 Å². The molecular weight excluding hydrogens is 142 g/mol. The van der Waals surface area contributed by atoms with Gasteiger partial charge in [-0.15, -0.1) is 5.10 Å². The average molecular weight is 152 g/mol. The predicted molar refractivity (Wildman–Crippen MR) is 37.8 cm³/mol. The number of piperidine rings is 1. The molecule has 0 amide bonds. The Balaban J connectivity index is 2.04. The molecule has 1 unspecified atom stereocenters. The molecule has 2 rings (SSSR count). The van der Waals surface area contributed by atoms with Gasteiger partial charge >= 0.3 is 0 Å². The summed E-state index contributed by atoms with van der Waals surface area (Å²) in [6.45, 7) is 0.950. The smallest absolute Gasteiger partial charge is 0.167 e. The molecule has 1 aromatic rings. The third kappa shape index (κ3) is 1.37. The Kier molecular flexibility index (Phi) is 1.81. The van der Waals surface area contributed by atoms with Crippen LogP contribution in [0.25, 0.3) is 0 Å². The molecule has 1 aliphatic rings. The highest BCUT2D eigenvalue weighted by Crippen LogP contribution is 2.19. The van der Waals surface area contributed by atoms with Crippen LogP contribution < -0.4 is 5.32 Å². The molecule has 1 radical (unpaired) electrons. The van der Waals surface area contributed by atoms with Gasteiger partial charge in [0.1, 0.15) is 0 Å². The summed E-state index contributed by atoms with van der Waals surface area (Å²) in [7, 11) is 0. The molecule has 5 heteroatoms. The molecule has 59 valence electrons. The van der Waals surface area contributed by atoms with Crippen LogP contribution in [0.4, 0.5) is 0 Å². The second kappa shape index (κ2) is 2.96. The summed E-state index contributed by atoms with van der Waals surface area (Å²) in [5, 5.41) is 18.0. The Morgan fingerprint density at radius 1 is 1.36 bits per heavy atom. The number of nitrogens with zero attached hydrogens (tertiary/aromatic N) is 4. The van der Waals surface area contributed by atoms with Gasteiger partial charge in [0.15, 0.2) is 5.82 Å². The van der Waals surface area contributed by atoms with Gasteiger partial charge in [0.25, 0.3) is 0 Å². The van der Waals surface area contributed by atoms with Crippen LogP contribution in [-0.4, -0.2) is 27.2 Å². The molecule has 1 N–H and O–H groups in total. The van der Waals surface area contributed by atoms with E-state index in [1.807, 2.05) is 0 Å². The second-order valence-corrected chi connectivity index (χ2v) is 2.70. The molecule has 11 heavy (non-hydrogen) atoms. The highest BCUT2D eigenvalue weighted by Gasteiger charge is 2.18. The fourth-order valence-corrected chi connectivity index (χ4v) is 1.32. The molecule has 5 nitrogen and oxygen atoms in total. The van der Waals surface area contributed by atoms with Crippen molar-refractivity contribution in [3.8, 4) is 0 Å². The van der Waals surface area contributed by atoms with Crippen molar-refractivity contribution in [1.82, 2.24) is 25.9 Å². The van der Waals surface area contributed by atoms with Crippen LogP contribution in [-0.2, 0) is 0 Å². The molecular formula is C6H10N5. The minimum absolute atomic E-state index is 0.221. The van der Waals surface area contributed by atoms with Crippen molar-refractivity contribution in [2.45, 2.75) is 25.3 Å². The number of hydrogen-bond acceptors (Lipinski definition) is 3. The van der Waals surface area contributed by atoms with Crippen LogP contribution in [0.15, 0.2) is 0 Å². The van der Waals surface area contributed by atoms with E-state index in [1.54, 1.807) is 0 Å². The molecule has 0 saturated carbocycles. The molecule has 0 aromatic carbocycles. The zero-order valence-electron chi connectivity index (χ0n) is 6.19. The second-order valence-electron chi connectivity index (χ2n) is 2.70. The number of aromatic nitrogens is 4. The summed E-state index contributed by atoms with van der Waals surface area (Å²) >= 11 is 0. The van der Waals surface area contributed by atoms with Crippen molar-refractivity contribution in [1.29, 1.82) is 0 Å². The Labute approximate surface area is 64.6 Å². The molecule has 2 heterocycles. The Morgan fingerprint density at radius 2 is 2.36 bits per heavy atom. The summed E-state index contributed by atoms with van der Waals surface area (Å²) in [5.41, 5.74) is 0. The van der Waals surface area contributed by atoms with Gasteiger partial charge in [-0.1, -0.05) is 6.42 Å². The van der Waals surface area contributed by atoms with Crippen molar-refractivity contribution >= 4 is 0 Å². The van der Waals surface area contributed by atoms with E-state index in [9.17, 15) is 0 Å². The summed E-state index contributed by atoms with van der Waals surface area (Å²) in [6, 6.07) is 0.221. The highest BCUT2D eigenvalue weighted by atomic mass is 15.5. The summed E-state index contributed by atoms with van der Waals surface area (Å²) in [4.78, 5) is 0. The Morgan fingerprint density at radius 3 is 3.00 bits per heavy atom. The number of nitrogens with one attached hydrogen (secondary N) is 1. The zero-order valence-corrected chi connectivity index (χ0v) is 6.19. The highest BCUT2D eigenvalue weighted by molar-refractivity contribution is 4.90. The number of hydrogen-bond donors (Lipinski definition) is 1. The minimum Gasteiger partial charge on any atom is -0.241 e. The summed E-state index contributed by atoms with van der Waals surface area (Å²) in [5.74, 6) is 0.810.